The Balaban J connectivity index is 1.57. The van der Waals surface area contributed by atoms with E-state index in [2.05, 4.69) is 9.80 Å². The van der Waals surface area contributed by atoms with E-state index in [4.69, 9.17) is 9.47 Å². The first-order valence-electron chi connectivity index (χ1n) is 8.46. The molecule has 0 aliphatic carbocycles. The second kappa shape index (κ2) is 7.90. The molecule has 0 amide bonds. The second-order valence-corrected chi connectivity index (χ2v) is 6.34. The van der Waals surface area contributed by atoms with E-state index < -0.39 is 0 Å². The fourth-order valence-corrected chi connectivity index (χ4v) is 3.62. The number of benzene rings is 1. The van der Waals surface area contributed by atoms with Gasteiger partial charge in [-0.1, -0.05) is 0 Å². The Morgan fingerprint density at radius 2 is 1.96 bits per heavy atom. The van der Waals surface area contributed by atoms with Gasteiger partial charge in [-0.25, -0.2) is 0 Å². The first-order chi connectivity index (χ1) is 11.3. The number of carbonyl (C=O) groups is 1. The summed E-state index contributed by atoms with van der Waals surface area (Å²) in [7, 11) is 1.68. The Morgan fingerprint density at radius 3 is 2.61 bits per heavy atom. The molecule has 5 heteroatoms. The van der Waals surface area contributed by atoms with Crippen LogP contribution in [-0.2, 0) is 11.3 Å². The topological polar surface area (TPSA) is 42.0 Å². The van der Waals surface area contributed by atoms with E-state index in [-0.39, 0.29) is 0 Å². The zero-order valence-electron chi connectivity index (χ0n) is 13.9. The molecule has 1 aromatic carbocycles. The van der Waals surface area contributed by atoms with Crippen LogP contribution in [0.15, 0.2) is 18.2 Å². The van der Waals surface area contributed by atoms with E-state index >= 15 is 0 Å². The molecule has 0 spiro atoms. The summed E-state index contributed by atoms with van der Waals surface area (Å²) < 4.78 is 10.9. The Labute approximate surface area is 138 Å². The predicted octanol–water partition coefficient (Wildman–Crippen LogP) is 1.80. The molecule has 0 radical (unpaired) electrons. The standard InChI is InChI=1S/C18H26N2O3/c1-22-18-3-2-15(14-21)12-16(18)13-19-6-4-17(5-7-19)20-8-10-23-11-9-20/h2-3,12,14,17H,4-11,13H2,1H3. The third kappa shape index (κ3) is 4.10. The number of hydrogen-bond acceptors (Lipinski definition) is 5. The number of hydrogen-bond donors (Lipinski definition) is 0. The Kier molecular flexibility index (Phi) is 5.65. The molecule has 0 bridgehead atoms. The van der Waals surface area contributed by atoms with Crippen LogP contribution in [0, 0.1) is 0 Å². The number of likely N-dealkylation sites (tertiary alicyclic amines) is 1. The number of methoxy groups -OCH3 is 1. The zero-order chi connectivity index (χ0) is 16.1. The molecule has 0 unspecified atom stereocenters. The van der Waals surface area contributed by atoms with E-state index in [1.807, 2.05) is 12.1 Å². The van der Waals surface area contributed by atoms with Gasteiger partial charge in [0.1, 0.15) is 12.0 Å². The monoisotopic (exact) mass is 318 g/mol. The molecule has 0 N–H and O–H groups in total. The molecule has 0 saturated carbocycles. The molecule has 1 aromatic rings. The van der Waals surface area contributed by atoms with Crippen molar-refractivity contribution in [2.24, 2.45) is 0 Å². The van der Waals surface area contributed by atoms with Gasteiger partial charge in [-0.15, -0.1) is 0 Å². The molecule has 3 rings (SSSR count). The number of aldehydes is 1. The molecular weight excluding hydrogens is 292 g/mol. The Morgan fingerprint density at radius 1 is 1.22 bits per heavy atom. The fraction of sp³-hybridized carbons (Fsp3) is 0.611. The first-order valence-corrected chi connectivity index (χ1v) is 8.46. The smallest absolute Gasteiger partial charge is 0.150 e. The lowest BCUT2D eigenvalue weighted by atomic mass is 10.0. The highest BCUT2D eigenvalue weighted by Gasteiger charge is 2.26. The lowest BCUT2D eigenvalue weighted by molar-refractivity contribution is 0.000181. The van der Waals surface area contributed by atoms with Crippen LogP contribution in [0.2, 0.25) is 0 Å². The van der Waals surface area contributed by atoms with Gasteiger partial charge in [0.2, 0.25) is 0 Å². The van der Waals surface area contributed by atoms with Gasteiger partial charge in [0.05, 0.1) is 20.3 Å². The average Bonchev–Trinajstić information content (AvgIpc) is 2.63. The van der Waals surface area contributed by atoms with E-state index in [0.717, 1.165) is 63.5 Å². The van der Waals surface area contributed by atoms with Gasteiger partial charge in [0.15, 0.2) is 0 Å². The van der Waals surface area contributed by atoms with Crippen LogP contribution in [0.1, 0.15) is 28.8 Å². The number of rotatable bonds is 5. The van der Waals surface area contributed by atoms with Gasteiger partial charge >= 0.3 is 0 Å². The van der Waals surface area contributed by atoms with Crippen molar-refractivity contribution in [1.29, 1.82) is 0 Å². The average molecular weight is 318 g/mol. The molecule has 2 saturated heterocycles. The van der Waals surface area contributed by atoms with E-state index in [0.29, 0.717) is 11.6 Å². The minimum atomic E-state index is 0.693. The van der Waals surface area contributed by atoms with E-state index in [1.54, 1.807) is 13.2 Å². The van der Waals surface area contributed by atoms with Gasteiger partial charge in [0, 0.05) is 36.8 Å². The number of carbonyl (C=O) groups excluding carboxylic acids is 1. The lowest BCUT2D eigenvalue weighted by Crippen LogP contribution is -2.48. The van der Waals surface area contributed by atoms with Gasteiger partial charge in [0.25, 0.3) is 0 Å². The van der Waals surface area contributed by atoms with Crippen LogP contribution >= 0.6 is 0 Å². The van der Waals surface area contributed by atoms with Crippen LogP contribution in [-0.4, -0.2) is 68.6 Å². The highest BCUT2D eigenvalue weighted by molar-refractivity contribution is 5.75. The molecule has 0 aromatic heterocycles. The molecule has 2 aliphatic rings. The molecular formula is C18H26N2O3. The second-order valence-electron chi connectivity index (χ2n) is 6.34. The van der Waals surface area contributed by atoms with Crippen molar-refractivity contribution in [1.82, 2.24) is 9.80 Å². The third-order valence-corrected chi connectivity index (χ3v) is 4.95. The Bertz CT molecular complexity index is 521. The summed E-state index contributed by atoms with van der Waals surface area (Å²) in [4.78, 5) is 16.0. The maximum atomic E-state index is 11.0. The SMILES string of the molecule is COc1ccc(C=O)cc1CN1CCC(N2CCOCC2)CC1. The summed E-state index contributed by atoms with van der Waals surface area (Å²) in [5.74, 6) is 0.867. The van der Waals surface area contributed by atoms with E-state index in [1.165, 1.54) is 12.8 Å². The van der Waals surface area contributed by atoms with Crippen molar-refractivity contribution in [3.8, 4) is 5.75 Å². The Hall–Kier alpha value is -1.43. The summed E-state index contributed by atoms with van der Waals surface area (Å²) >= 11 is 0. The van der Waals surface area contributed by atoms with Crippen molar-refractivity contribution >= 4 is 6.29 Å². The van der Waals surface area contributed by atoms with Crippen molar-refractivity contribution in [2.45, 2.75) is 25.4 Å². The molecule has 23 heavy (non-hydrogen) atoms. The van der Waals surface area contributed by atoms with Crippen LogP contribution < -0.4 is 4.74 Å². The number of nitrogens with zero attached hydrogens (tertiary/aromatic N) is 2. The molecule has 2 heterocycles. The van der Waals surface area contributed by atoms with Crippen LogP contribution in [0.3, 0.4) is 0 Å². The van der Waals surface area contributed by atoms with Crippen molar-refractivity contribution in [3.05, 3.63) is 29.3 Å². The van der Waals surface area contributed by atoms with E-state index in [9.17, 15) is 4.79 Å². The fourth-order valence-electron chi connectivity index (χ4n) is 3.62. The van der Waals surface area contributed by atoms with Crippen molar-refractivity contribution in [3.63, 3.8) is 0 Å². The first kappa shape index (κ1) is 16.4. The van der Waals surface area contributed by atoms with Crippen molar-refractivity contribution < 1.29 is 14.3 Å². The molecule has 5 nitrogen and oxygen atoms in total. The van der Waals surface area contributed by atoms with Crippen LogP contribution in [0.25, 0.3) is 0 Å². The highest BCUT2D eigenvalue weighted by Crippen LogP contribution is 2.24. The zero-order valence-corrected chi connectivity index (χ0v) is 13.9. The summed E-state index contributed by atoms with van der Waals surface area (Å²) in [5.41, 5.74) is 1.81. The van der Waals surface area contributed by atoms with Gasteiger partial charge in [-0.05, 0) is 44.1 Å². The predicted molar refractivity (Wildman–Crippen MR) is 89.1 cm³/mol. The molecule has 126 valence electrons. The molecule has 2 aliphatic heterocycles. The largest absolute Gasteiger partial charge is 0.496 e. The lowest BCUT2D eigenvalue weighted by Gasteiger charge is -2.40. The summed E-state index contributed by atoms with van der Waals surface area (Å²) in [6, 6.07) is 6.33. The van der Waals surface area contributed by atoms with Gasteiger partial charge in [-0.2, -0.15) is 0 Å². The third-order valence-electron chi connectivity index (χ3n) is 4.95. The minimum absolute atomic E-state index is 0.693. The quantitative estimate of drug-likeness (QED) is 0.775. The summed E-state index contributed by atoms with van der Waals surface area (Å²) in [6.45, 7) is 6.92. The molecule has 2 fully saturated rings. The normalized spacial score (nSPS) is 21.3. The van der Waals surface area contributed by atoms with Gasteiger partial charge < -0.3 is 9.47 Å². The van der Waals surface area contributed by atoms with Crippen LogP contribution in [0.5, 0.6) is 5.75 Å². The summed E-state index contributed by atoms with van der Waals surface area (Å²) in [6.07, 6.45) is 3.30. The van der Waals surface area contributed by atoms with Crippen LogP contribution in [0.4, 0.5) is 0 Å². The number of piperidine rings is 1. The minimum Gasteiger partial charge on any atom is -0.496 e. The maximum absolute atomic E-state index is 11.0. The number of ether oxygens (including phenoxy) is 2. The van der Waals surface area contributed by atoms with Crippen molar-refractivity contribution in [2.75, 3.05) is 46.5 Å². The van der Waals surface area contributed by atoms with Gasteiger partial charge in [-0.3, -0.25) is 14.6 Å². The highest BCUT2D eigenvalue weighted by atomic mass is 16.5. The maximum Gasteiger partial charge on any atom is 0.150 e. The summed E-state index contributed by atoms with van der Waals surface area (Å²) in [5, 5.41) is 0. The number of morpholine rings is 1. The molecule has 0 atom stereocenters.